The van der Waals surface area contributed by atoms with Crippen molar-refractivity contribution in [3.63, 3.8) is 0 Å². The number of aliphatic hydroxyl groups excluding tert-OH is 3. The average Bonchev–Trinajstić information content (AvgIpc) is 2.24. The summed E-state index contributed by atoms with van der Waals surface area (Å²) < 4.78 is 0. The normalized spacial score (nSPS) is 18.4. The number of Topliss-reactive ketones (excluding diaryl/α,β-unsaturated/α-hetero) is 3. The number of hydrogen-bond acceptors (Lipinski definition) is 7. The largest absolute Gasteiger partial charge is 0.394 e. The molecule has 0 bridgehead atoms. The van der Waals surface area contributed by atoms with Gasteiger partial charge in [-0.1, -0.05) is 0 Å². The number of aliphatic hydroxyl groups is 3. The van der Waals surface area contributed by atoms with E-state index in [1.165, 1.54) is 0 Å². The van der Waals surface area contributed by atoms with E-state index in [2.05, 4.69) is 0 Å². The Labute approximate surface area is 91.9 Å². The molecule has 92 valence electrons. The topological polar surface area (TPSA) is 138 Å². The highest BCUT2D eigenvalue weighted by atomic mass is 16.4. The van der Waals surface area contributed by atoms with Crippen LogP contribution in [0, 0.1) is 0 Å². The van der Waals surface area contributed by atoms with E-state index < -0.39 is 41.7 Å². The lowest BCUT2D eigenvalue weighted by molar-refractivity contribution is -0.150. The molecule has 0 aliphatic rings. The Balaban J connectivity index is 5.35. The minimum Gasteiger partial charge on any atom is -0.394 e. The van der Waals surface area contributed by atoms with Crippen LogP contribution in [0.2, 0.25) is 0 Å². The molecule has 0 aromatic rings. The Kier molecular flexibility index (Phi) is 4.88. The van der Waals surface area contributed by atoms with E-state index in [4.69, 9.17) is 15.9 Å². The van der Waals surface area contributed by atoms with Gasteiger partial charge in [0.2, 0.25) is 5.78 Å². The molecule has 0 aliphatic carbocycles. The first-order chi connectivity index (χ1) is 7.19. The Morgan fingerprint density at radius 2 is 1.69 bits per heavy atom. The van der Waals surface area contributed by atoms with Crippen LogP contribution < -0.4 is 5.73 Å². The predicted molar refractivity (Wildman–Crippen MR) is 52.4 cm³/mol. The van der Waals surface area contributed by atoms with Gasteiger partial charge in [-0.05, 0) is 6.92 Å². The van der Waals surface area contributed by atoms with E-state index in [9.17, 15) is 19.5 Å². The summed E-state index contributed by atoms with van der Waals surface area (Å²) in [6, 6.07) is 0. The third-order valence-corrected chi connectivity index (χ3v) is 2.30. The third-order valence-electron chi connectivity index (χ3n) is 2.30. The summed E-state index contributed by atoms with van der Waals surface area (Å²) >= 11 is 0. The van der Waals surface area contributed by atoms with Crippen LogP contribution in [0.25, 0.3) is 0 Å². The van der Waals surface area contributed by atoms with Crippen LogP contribution in [-0.2, 0) is 14.4 Å². The van der Waals surface area contributed by atoms with Crippen LogP contribution in [0.4, 0.5) is 0 Å². The van der Waals surface area contributed by atoms with Crippen LogP contribution >= 0.6 is 0 Å². The molecule has 3 atom stereocenters. The van der Waals surface area contributed by atoms with Crippen LogP contribution in [0.5, 0.6) is 0 Å². The van der Waals surface area contributed by atoms with Gasteiger partial charge in [0.1, 0.15) is 12.2 Å². The zero-order valence-electron chi connectivity index (χ0n) is 9.01. The fourth-order valence-electron chi connectivity index (χ4n) is 1.20. The van der Waals surface area contributed by atoms with Crippen molar-refractivity contribution in [2.24, 2.45) is 5.73 Å². The van der Waals surface area contributed by atoms with Gasteiger partial charge in [0, 0.05) is 6.92 Å². The summed E-state index contributed by atoms with van der Waals surface area (Å²) in [5.41, 5.74) is 2.84. The third kappa shape index (κ3) is 2.50. The van der Waals surface area contributed by atoms with Crippen LogP contribution in [0.3, 0.4) is 0 Å². The molecule has 7 nitrogen and oxygen atoms in total. The van der Waals surface area contributed by atoms with E-state index in [0.29, 0.717) is 0 Å². The highest BCUT2D eigenvalue weighted by Gasteiger charge is 2.50. The maximum atomic E-state index is 11.4. The van der Waals surface area contributed by atoms with Gasteiger partial charge in [-0.2, -0.15) is 0 Å². The molecular weight excluding hydrogens is 218 g/mol. The van der Waals surface area contributed by atoms with Gasteiger partial charge in [0.25, 0.3) is 0 Å². The standard InChI is InChI=1S/C9H15NO6/c1-4(12)7(15)9(10,5(2)13)8(16)6(14)3-11/h6,8,11,14,16H,3,10H2,1-2H3/t6-,8-,9-/m1/s1. The molecule has 16 heavy (non-hydrogen) atoms. The van der Waals surface area contributed by atoms with Gasteiger partial charge in [-0.25, -0.2) is 0 Å². The van der Waals surface area contributed by atoms with Crippen molar-refractivity contribution in [3.8, 4) is 0 Å². The van der Waals surface area contributed by atoms with Crippen LogP contribution in [0.15, 0.2) is 0 Å². The number of nitrogens with two attached hydrogens (primary N) is 1. The molecular formula is C9H15NO6. The Morgan fingerprint density at radius 1 is 1.25 bits per heavy atom. The first-order valence-electron chi connectivity index (χ1n) is 4.51. The van der Waals surface area contributed by atoms with Gasteiger partial charge in [-0.15, -0.1) is 0 Å². The SMILES string of the molecule is CC(=O)C(=O)[C@](N)(C(C)=O)[C@H](O)[C@H](O)CO. The van der Waals surface area contributed by atoms with E-state index in [-0.39, 0.29) is 0 Å². The van der Waals surface area contributed by atoms with E-state index in [1.54, 1.807) is 0 Å². The fourth-order valence-corrected chi connectivity index (χ4v) is 1.20. The summed E-state index contributed by atoms with van der Waals surface area (Å²) in [7, 11) is 0. The smallest absolute Gasteiger partial charge is 0.228 e. The molecule has 0 aromatic heterocycles. The zero-order chi connectivity index (χ0) is 13.1. The predicted octanol–water partition coefficient (Wildman–Crippen LogP) is -2.85. The minimum absolute atomic E-state index is 0.890. The number of rotatable bonds is 6. The highest BCUT2D eigenvalue weighted by Crippen LogP contribution is 2.15. The summed E-state index contributed by atoms with van der Waals surface area (Å²) in [5, 5.41) is 27.2. The molecule has 0 amide bonds. The molecule has 0 saturated carbocycles. The van der Waals surface area contributed by atoms with Crippen molar-refractivity contribution < 1.29 is 29.7 Å². The summed E-state index contributed by atoms with van der Waals surface area (Å²) in [4.78, 5) is 33.5. The summed E-state index contributed by atoms with van der Waals surface area (Å²) in [6.07, 6.45) is -3.82. The van der Waals surface area contributed by atoms with Crippen molar-refractivity contribution in [1.29, 1.82) is 0 Å². The van der Waals surface area contributed by atoms with E-state index >= 15 is 0 Å². The zero-order valence-corrected chi connectivity index (χ0v) is 9.01. The van der Waals surface area contributed by atoms with Gasteiger partial charge in [0.05, 0.1) is 6.61 Å². The molecule has 0 aliphatic heterocycles. The quantitative estimate of drug-likeness (QED) is 0.286. The second-order valence-corrected chi connectivity index (χ2v) is 3.51. The van der Waals surface area contributed by atoms with Gasteiger partial charge < -0.3 is 21.1 Å². The molecule has 7 heteroatoms. The second-order valence-electron chi connectivity index (χ2n) is 3.51. The van der Waals surface area contributed by atoms with Crippen LogP contribution in [-0.4, -0.2) is 57.0 Å². The van der Waals surface area contributed by atoms with E-state index in [0.717, 1.165) is 13.8 Å². The van der Waals surface area contributed by atoms with Crippen molar-refractivity contribution in [2.75, 3.05) is 6.61 Å². The van der Waals surface area contributed by atoms with Crippen LogP contribution in [0.1, 0.15) is 13.8 Å². The van der Waals surface area contributed by atoms with E-state index in [1.807, 2.05) is 0 Å². The number of carbonyl (C=O) groups is 3. The molecule has 0 rings (SSSR count). The first-order valence-corrected chi connectivity index (χ1v) is 4.51. The van der Waals surface area contributed by atoms with Crippen molar-refractivity contribution in [2.45, 2.75) is 31.6 Å². The number of carbonyl (C=O) groups excluding carboxylic acids is 3. The molecule has 0 saturated heterocycles. The molecule has 0 unspecified atom stereocenters. The molecule has 0 radical (unpaired) electrons. The molecule has 0 spiro atoms. The molecule has 0 aromatic carbocycles. The molecule has 0 fully saturated rings. The van der Waals surface area contributed by atoms with Crippen molar-refractivity contribution >= 4 is 17.3 Å². The Bertz CT molecular complexity index is 315. The number of ketones is 3. The lowest BCUT2D eigenvalue weighted by atomic mass is 9.81. The maximum Gasteiger partial charge on any atom is 0.228 e. The second kappa shape index (κ2) is 5.26. The molecule has 5 N–H and O–H groups in total. The van der Waals surface area contributed by atoms with Crippen molar-refractivity contribution in [3.05, 3.63) is 0 Å². The number of hydrogen-bond donors (Lipinski definition) is 4. The van der Waals surface area contributed by atoms with Gasteiger partial charge >= 0.3 is 0 Å². The first kappa shape index (κ1) is 14.8. The van der Waals surface area contributed by atoms with Crippen molar-refractivity contribution in [1.82, 2.24) is 0 Å². The minimum atomic E-state index is -2.52. The fraction of sp³-hybridized carbons (Fsp3) is 0.667. The van der Waals surface area contributed by atoms with Gasteiger partial charge in [0.15, 0.2) is 17.1 Å². The highest BCUT2D eigenvalue weighted by molar-refractivity contribution is 6.44. The summed E-state index contributed by atoms with van der Waals surface area (Å²) in [6.45, 7) is 0.914. The van der Waals surface area contributed by atoms with Gasteiger partial charge in [-0.3, -0.25) is 14.4 Å². The molecule has 0 heterocycles. The Morgan fingerprint density at radius 3 is 1.94 bits per heavy atom. The lowest BCUT2D eigenvalue weighted by Crippen LogP contribution is -2.67. The average molecular weight is 233 g/mol. The Hall–Kier alpha value is -1.15. The monoisotopic (exact) mass is 233 g/mol. The summed E-state index contributed by atoms with van der Waals surface area (Å²) in [5.74, 6) is -3.28. The lowest BCUT2D eigenvalue weighted by Gasteiger charge is -2.31. The maximum absolute atomic E-state index is 11.4.